The molecular weight excluding hydrogens is 539 g/mol. The lowest BCUT2D eigenvalue weighted by atomic mass is 10.1. The molecule has 0 heterocycles. The summed E-state index contributed by atoms with van der Waals surface area (Å²) in [4.78, 5) is 22.8. The summed E-state index contributed by atoms with van der Waals surface area (Å²) in [6, 6.07) is 5.47. The van der Waals surface area contributed by atoms with Gasteiger partial charge in [-0.1, -0.05) is 0 Å². The van der Waals surface area contributed by atoms with Crippen molar-refractivity contribution in [3.63, 3.8) is 0 Å². The molecule has 1 atom stereocenters. The smallest absolute Gasteiger partial charge is 0.346 e. The molecule has 1 unspecified atom stereocenters. The van der Waals surface area contributed by atoms with Crippen molar-refractivity contribution in [1.82, 2.24) is 9.34 Å². The number of hydrogen-bond acceptors (Lipinski definition) is 6. The van der Waals surface area contributed by atoms with Gasteiger partial charge in [0.05, 0.1) is 18.0 Å². The van der Waals surface area contributed by atoms with Crippen molar-refractivity contribution in [3.8, 4) is 0 Å². The number of carbonyl (C=O) groups excluding carboxylic acids is 1. The highest BCUT2D eigenvalue weighted by atomic mass is 35.5. The fourth-order valence-corrected chi connectivity index (χ4v) is 6.85. The van der Waals surface area contributed by atoms with Gasteiger partial charge in [0.1, 0.15) is 6.10 Å². The van der Waals surface area contributed by atoms with Crippen LogP contribution in [0.1, 0.15) is 25.0 Å². The van der Waals surface area contributed by atoms with Crippen molar-refractivity contribution in [2.24, 2.45) is 0 Å². The average molecular weight is 567 g/mol. The highest BCUT2D eigenvalue weighted by Gasteiger charge is 2.41. The van der Waals surface area contributed by atoms with E-state index in [1.807, 2.05) is 0 Å². The van der Waals surface area contributed by atoms with Gasteiger partial charge in [0.15, 0.2) is 0 Å². The van der Waals surface area contributed by atoms with E-state index in [2.05, 4.69) is 0 Å². The van der Waals surface area contributed by atoms with Crippen LogP contribution in [0.4, 0.5) is 5.69 Å². The number of nitro benzene ring substituents is 1. The number of nitro groups is 1. The molecule has 0 N–H and O–H groups in total. The minimum absolute atomic E-state index is 0.131. The molecule has 0 spiro atoms. The standard InChI is InChI=1S/C19H28Cl4N3O6P/c1-2-31-19(27)15-18(16-3-5-17(6-4-16)26(28)29)32-33(30,24(11-7-20)12-8-21)25(13-9-22)14-10-23/h3-6,18H,2,7-15H2,1H3. The molecule has 0 aliphatic rings. The third-order valence-electron chi connectivity index (χ3n) is 4.48. The molecule has 0 amide bonds. The first kappa shape index (κ1) is 30.4. The highest BCUT2D eigenvalue weighted by Crippen LogP contribution is 2.57. The monoisotopic (exact) mass is 565 g/mol. The van der Waals surface area contributed by atoms with Crippen LogP contribution in [0.15, 0.2) is 24.3 Å². The van der Waals surface area contributed by atoms with Gasteiger partial charge in [-0.3, -0.25) is 24.0 Å². The Balaban J connectivity index is 3.48. The highest BCUT2D eigenvalue weighted by molar-refractivity contribution is 7.54. The van der Waals surface area contributed by atoms with Gasteiger partial charge >= 0.3 is 13.6 Å². The van der Waals surface area contributed by atoms with Crippen LogP contribution in [-0.2, 0) is 18.6 Å². The van der Waals surface area contributed by atoms with Crippen molar-refractivity contribution in [2.45, 2.75) is 19.4 Å². The number of benzene rings is 1. The second kappa shape index (κ2) is 16.1. The molecule has 33 heavy (non-hydrogen) atoms. The summed E-state index contributed by atoms with van der Waals surface area (Å²) < 4.78 is 28.7. The predicted octanol–water partition coefficient (Wildman–Crippen LogP) is 5.27. The normalized spacial score (nSPS) is 12.8. The van der Waals surface area contributed by atoms with E-state index < -0.39 is 24.7 Å². The van der Waals surface area contributed by atoms with Crippen LogP contribution >= 0.6 is 54.1 Å². The number of alkyl halides is 4. The Kier molecular flexibility index (Phi) is 14.8. The lowest BCUT2D eigenvalue weighted by Gasteiger charge is -2.39. The van der Waals surface area contributed by atoms with Gasteiger partial charge in [-0.25, -0.2) is 9.34 Å². The Morgan fingerprint density at radius 3 is 1.82 bits per heavy atom. The zero-order valence-electron chi connectivity index (χ0n) is 18.2. The molecule has 14 heteroatoms. The van der Waals surface area contributed by atoms with Crippen molar-refractivity contribution < 1.29 is 23.5 Å². The first-order valence-electron chi connectivity index (χ1n) is 10.2. The molecule has 1 rings (SSSR count). The Bertz CT molecular complexity index is 757. The first-order valence-corrected chi connectivity index (χ1v) is 13.9. The average Bonchev–Trinajstić information content (AvgIpc) is 2.78. The molecule has 9 nitrogen and oxygen atoms in total. The molecule has 0 aliphatic carbocycles. The third kappa shape index (κ3) is 9.49. The van der Waals surface area contributed by atoms with Crippen LogP contribution in [0.3, 0.4) is 0 Å². The number of halogens is 4. The van der Waals surface area contributed by atoms with Gasteiger partial charge in [0.2, 0.25) is 0 Å². The maximum Gasteiger partial charge on any atom is 0.346 e. The molecule has 0 saturated carbocycles. The number of nitrogens with zero attached hydrogens (tertiary/aromatic N) is 3. The van der Waals surface area contributed by atoms with E-state index in [1.165, 1.54) is 33.6 Å². The SMILES string of the molecule is CCOC(=O)CC(OP(=O)(N(CCCl)CCCl)N(CCCl)CCCl)c1ccc([N+](=O)[O-])cc1. The topological polar surface area (TPSA) is 102 Å². The Labute approximate surface area is 213 Å². The predicted molar refractivity (Wildman–Crippen MR) is 132 cm³/mol. The molecule has 1 aromatic rings. The number of hydrogen-bond donors (Lipinski definition) is 0. The van der Waals surface area contributed by atoms with Crippen LogP contribution in [0.25, 0.3) is 0 Å². The van der Waals surface area contributed by atoms with E-state index in [0.717, 1.165) is 0 Å². The molecule has 0 bridgehead atoms. The molecular formula is C19H28Cl4N3O6P. The largest absolute Gasteiger partial charge is 0.466 e. The molecule has 0 fully saturated rings. The number of rotatable bonds is 17. The Morgan fingerprint density at radius 1 is 1.00 bits per heavy atom. The maximum atomic E-state index is 14.4. The van der Waals surface area contributed by atoms with E-state index >= 15 is 0 Å². The maximum absolute atomic E-state index is 14.4. The summed E-state index contributed by atoms with van der Waals surface area (Å²) in [5.41, 5.74) is 0.288. The number of non-ortho nitro benzene ring substituents is 1. The van der Waals surface area contributed by atoms with E-state index in [-0.39, 0.29) is 68.4 Å². The van der Waals surface area contributed by atoms with Gasteiger partial charge in [0.25, 0.3) is 5.69 Å². The first-order chi connectivity index (χ1) is 15.8. The van der Waals surface area contributed by atoms with Gasteiger partial charge in [0, 0.05) is 61.8 Å². The minimum Gasteiger partial charge on any atom is -0.466 e. The van der Waals surface area contributed by atoms with Crippen LogP contribution in [0.2, 0.25) is 0 Å². The lowest BCUT2D eigenvalue weighted by molar-refractivity contribution is -0.384. The number of carbonyl (C=O) groups is 1. The van der Waals surface area contributed by atoms with Crippen LogP contribution < -0.4 is 0 Å². The van der Waals surface area contributed by atoms with Crippen molar-refractivity contribution in [2.75, 3.05) is 56.3 Å². The van der Waals surface area contributed by atoms with Crippen molar-refractivity contribution in [1.29, 1.82) is 0 Å². The summed E-state index contributed by atoms with van der Waals surface area (Å²) >= 11 is 23.8. The molecule has 188 valence electrons. The lowest BCUT2D eigenvalue weighted by Crippen LogP contribution is -2.38. The summed E-state index contributed by atoms with van der Waals surface area (Å²) in [5, 5.41) is 11.0. The Hall–Kier alpha value is -0.640. The molecule has 0 aliphatic heterocycles. The fourth-order valence-electron chi connectivity index (χ4n) is 3.00. The minimum atomic E-state index is -3.85. The van der Waals surface area contributed by atoms with E-state index in [0.29, 0.717) is 5.56 Å². The second-order valence-electron chi connectivity index (χ2n) is 6.61. The van der Waals surface area contributed by atoms with Gasteiger partial charge < -0.3 is 4.74 Å². The van der Waals surface area contributed by atoms with E-state index in [9.17, 15) is 19.5 Å². The van der Waals surface area contributed by atoms with Crippen LogP contribution in [0, 0.1) is 10.1 Å². The van der Waals surface area contributed by atoms with Crippen molar-refractivity contribution >= 4 is 65.7 Å². The fraction of sp³-hybridized carbons (Fsp3) is 0.632. The van der Waals surface area contributed by atoms with E-state index in [4.69, 9.17) is 55.7 Å². The summed E-state index contributed by atoms with van der Waals surface area (Å²) in [6.07, 6.45) is -1.29. The van der Waals surface area contributed by atoms with Crippen LogP contribution in [-0.4, -0.2) is 76.5 Å². The molecule has 1 aromatic carbocycles. The quantitative estimate of drug-likeness (QED) is 0.0825. The zero-order valence-corrected chi connectivity index (χ0v) is 22.1. The summed E-state index contributed by atoms with van der Waals surface area (Å²) in [7, 11) is -3.85. The summed E-state index contributed by atoms with van der Waals surface area (Å²) in [6.45, 7) is 2.59. The molecule has 0 radical (unpaired) electrons. The Morgan fingerprint density at radius 2 is 1.45 bits per heavy atom. The van der Waals surface area contributed by atoms with Crippen LogP contribution in [0.5, 0.6) is 0 Å². The molecule has 0 saturated heterocycles. The molecule has 0 aromatic heterocycles. The van der Waals surface area contributed by atoms with Gasteiger partial charge in [-0.2, -0.15) is 0 Å². The van der Waals surface area contributed by atoms with E-state index in [1.54, 1.807) is 6.92 Å². The number of ether oxygens (including phenoxy) is 1. The number of esters is 1. The van der Waals surface area contributed by atoms with Gasteiger partial charge in [-0.15, -0.1) is 46.4 Å². The second-order valence-corrected chi connectivity index (χ2v) is 10.4. The third-order valence-corrected chi connectivity index (χ3v) is 7.92. The van der Waals surface area contributed by atoms with Crippen molar-refractivity contribution in [3.05, 3.63) is 39.9 Å². The van der Waals surface area contributed by atoms with Gasteiger partial charge in [-0.05, 0) is 24.6 Å². The summed E-state index contributed by atoms with van der Waals surface area (Å²) in [5.74, 6) is 0.0365. The zero-order chi connectivity index (χ0) is 24.9.